The van der Waals surface area contributed by atoms with Crippen LogP contribution in [0.2, 0.25) is 0 Å². The van der Waals surface area contributed by atoms with Gasteiger partial charge in [-0.1, -0.05) is 0 Å². The van der Waals surface area contributed by atoms with Crippen LogP contribution in [0.15, 0.2) is 16.8 Å². The zero-order valence-corrected chi connectivity index (χ0v) is 8.46. The highest BCUT2D eigenvalue weighted by molar-refractivity contribution is 7.07. The summed E-state index contributed by atoms with van der Waals surface area (Å²) in [5.41, 5.74) is 0.469. The van der Waals surface area contributed by atoms with E-state index in [4.69, 9.17) is 0 Å². The molecule has 2 nitrogen and oxygen atoms in total. The van der Waals surface area contributed by atoms with Crippen LogP contribution in [-0.4, -0.2) is 18.0 Å². The molecule has 0 unspecified atom stereocenters. The molecule has 1 aromatic rings. The van der Waals surface area contributed by atoms with Crippen LogP contribution in [0.5, 0.6) is 0 Å². The minimum atomic E-state index is -5.87. The molecule has 8 heteroatoms. The molecular weight excluding hydrogens is 253 g/mol. The van der Waals surface area contributed by atoms with E-state index in [-0.39, 0.29) is 6.54 Å². The van der Waals surface area contributed by atoms with Crippen molar-refractivity contribution in [3.63, 3.8) is 0 Å². The molecule has 1 rings (SSSR count). The molecule has 0 bridgehead atoms. The number of carbonyl (C=O) groups is 1. The van der Waals surface area contributed by atoms with Gasteiger partial charge in [0.15, 0.2) is 0 Å². The van der Waals surface area contributed by atoms with E-state index in [9.17, 15) is 26.7 Å². The third-order valence-corrected chi connectivity index (χ3v) is 2.41. The highest BCUT2D eigenvalue weighted by Crippen LogP contribution is 2.35. The van der Waals surface area contributed by atoms with Crippen molar-refractivity contribution in [2.45, 2.75) is 18.6 Å². The minimum Gasteiger partial charge on any atom is -0.346 e. The van der Waals surface area contributed by atoms with E-state index < -0.39 is 18.0 Å². The Morgan fingerprint density at radius 3 is 2.38 bits per heavy atom. The standard InChI is InChI=1S/C8H6F5NOS/c9-7(10,8(11,12)13)6(15)14-3-5-1-2-16-4-5/h1-2,4H,3H2,(H,14,15). The van der Waals surface area contributed by atoms with Crippen molar-refractivity contribution in [2.75, 3.05) is 0 Å². The SMILES string of the molecule is O=C(NCc1ccsc1)C(F)(F)C(F)(F)F. The third-order valence-electron chi connectivity index (χ3n) is 1.67. The van der Waals surface area contributed by atoms with Gasteiger partial charge in [0.25, 0.3) is 0 Å². The second kappa shape index (κ2) is 4.36. The average molecular weight is 259 g/mol. The van der Waals surface area contributed by atoms with Crippen molar-refractivity contribution in [2.24, 2.45) is 0 Å². The summed E-state index contributed by atoms with van der Waals surface area (Å²) >= 11 is 1.24. The fourth-order valence-corrected chi connectivity index (χ4v) is 1.48. The topological polar surface area (TPSA) is 29.1 Å². The van der Waals surface area contributed by atoms with Gasteiger partial charge in [-0.3, -0.25) is 4.79 Å². The molecule has 1 amide bonds. The van der Waals surface area contributed by atoms with Crippen molar-refractivity contribution in [3.8, 4) is 0 Å². The van der Waals surface area contributed by atoms with E-state index in [1.54, 1.807) is 5.38 Å². The van der Waals surface area contributed by atoms with Crippen LogP contribution >= 0.6 is 11.3 Å². The van der Waals surface area contributed by atoms with Crippen molar-refractivity contribution in [1.82, 2.24) is 5.32 Å². The highest BCUT2D eigenvalue weighted by Gasteiger charge is 2.63. The van der Waals surface area contributed by atoms with E-state index >= 15 is 0 Å². The van der Waals surface area contributed by atoms with Crippen molar-refractivity contribution in [3.05, 3.63) is 22.4 Å². The summed E-state index contributed by atoms with van der Waals surface area (Å²) in [6, 6.07) is 1.51. The number of carbonyl (C=O) groups excluding carboxylic acids is 1. The lowest BCUT2D eigenvalue weighted by Crippen LogP contribution is -2.50. The van der Waals surface area contributed by atoms with Crippen LogP contribution in [0.3, 0.4) is 0 Å². The molecule has 0 fully saturated rings. The van der Waals surface area contributed by atoms with E-state index in [1.165, 1.54) is 28.1 Å². The van der Waals surface area contributed by atoms with E-state index in [0.29, 0.717) is 5.56 Å². The molecule has 90 valence electrons. The van der Waals surface area contributed by atoms with Crippen LogP contribution in [0, 0.1) is 0 Å². The molecule has 0 radical (unpaired) electrons. The molecule has 1 N–H and O–H groups in total. The van der Waals surface area contributed by atoms with Gasteiger partial charge in [0, 0.05) is 6.54 Å². The smallest absolute Gasteiger partial charge is 0.346 e. The first-order valence-electron chi connectivity index (χ1n) is 3.99. The van der Waals surface area contributed by atoms with Gasteiger partial charge < -0.3 is 5.32 Å². The maximum absolute atomic E-state index is 12.4. The van der Waals surface area contributed by atoms with Crippen LogP contribution in [-0.2, 0) is 11.3 Å². The largest absolute Gasteiger partial charge is 0.463 e. The molecular formula is C8H6F5NOS. The van der Waals surface area contributed by atoms with Crippen molar-refractivity contribution >= 4 is 17.2 Å². The second-order valence-corrected chi connectivity index (χ2v) is 3.67. The lowest BCUT2D eigenvalue weighted by molar-refractivity contribution is -0.269. The number of hydrogen-bond donors (Lipinski definition) is 1. The van der Waals surface area contributed by atoms with Gasteiger partial charge in [-0.15, -0.1) is 0 Å². The average Bonchev–Trinajstić information content (AvgIpc) is 2.64. The summed E-state index contributed by atoms with van der Waals surface area (Å²) in [6.45, 7) is -0.353. The van der Waals surface area contributed by atoms with Gasteiger partial charge in [0.2, 0.25) is 0 Å². The summed E-state index contributed by atoms with van der Waals surface area (Å²) < 4.78 is 60.1. The molecule has 0 aromatic carbocycles. The van der Waals surface area contributed by atoms with Gasteiger partial charge in [-0.05, 0) is 22.4 Å². The van der Waals surface area contributed by atoms with Gasteiger partial charge in [-0.25, -0.2) is 0 Å². The van der Waals surface area contributed by atoms with Gasteiger partial charge in [0.1, 0.15) is 0 Å². The summed E-state index contributed by atoms with van der Waals surface area (Å²) in [5, 5.41) is 4.68. The molecule has 16 heavy (non-hydrogen) atoms. The normalized spacial score (nSPS) is 12.6. The molecule has 0 aliphatic heterocycles. The number of halogens is 5. The number of alkyl halides is 5. The summed E-state index contributed by atoms with van der Waals surface area (Å²) in [7, 11) is 0. The third kappa shape index (κ3) is 2.69. The fraction of sp³-hybridized carbons (Fsp3) is 0.375. The molecule has 1 heterocycles. The van der Waals surface area contributed by atoms with Gasteiger partial charge in [-0.2, -0.15) is 33.3 Å². The second-order valence-electron chi connectivity index (χ2n) is 2.89. The Morgan fingerprint density at radius 2 is 1.94 bits per heavy atom. The molecule has 0 atom stereocenters. The zero-order valence-electron chi connectivity index (χ0n) is 7.65. The Labute approximate surface area is 91.1 Å². The van der Waals surface area contributed by atoms with Crippen molar-refractivity contribution < 1.29 is 26.7 Å². The zero-order chi connectivity index (χ0) is 12.4. The number of rotatable bonds is 3. The lowest BCUT2D eigenvalue weighted by Gasteiger charge is -2.18. The number of nitrogens with one attached hydrogen (secondary N) is 1. The van der Waals surface area contributed by atoms with Gasteiger partial charge >= 0.3 is 18.0 Å². The maximum Gasteiger partial charge on any atom is 0.463 e. The first-order chi connectivity index (χ1) is 7.25. The Hall–Kier alpha value is -1.18. The summed E-state index contributed by atoms with van der Waals surface area (Å²) in [6.07, 6.45) is -5.87. The molecule has 0 saturated heterocycles. The number of hydrogen-bond acceptors (Lipinski definition) is 2. The van der Waals surface area contributed by atoms with Crippen LogP contribution in [0.1, 0.15) is 5.56 Å². The first kappa shape index (κ1) is 12.9. The Balaban J connectivity index is 2.59. The van der Waals surface area contributed by atoms with Gasteiger partial charge in [0.05, 0.1) is 0 Å². The molecule has 1 aromatic heterocycles. The lowest BCUT2D eigenvalue weighted by atomic mass is 10.3. The van der Waals surface area contributed by atoms with E-state index in [1.807, 2.05) is 0 Å². The van der Waals surface area contributed by atoms with E-state index in [2.05, 4.69) is 0 Å². The fourth-order valence-electron chi connectivity index (χ4n) is 0.815. The summed E-state index contributed by atoms with van der Waals surface area (Å²) in [5.74, 6) is -7.70. The Morgan fingerprint density at radius 1 is 1.31 bits per heavy atom. The number of thiophene rings is 1. The molecule has 0 saturated carbocycles. The maximum atomic E-state index is 12.4. The predicted molar refractivity (Wildman–Crippen MR) is 47.2 cm³/mol. The Bertz CT molecular complexity index is 359. The van der Waals surface area contributed by atoms with Crippen LogP contribution < -0.4 is 5.32 Å². The van der Waals surface area contributed by atoms with Crippen molar-refractivity contribution in [1.29, 1.82) is 0 Å². The predicted octanol–water partition coefficient (Wildman–Crippen LogP) is 2.56. The molecule has 0 spiro atoms. The first-order valence-corrected chi connectivity index (χ1v) is 4.93. The van der Waals surface area contributed by atoms with Crippen LogP contribution in [0.25, 0.3) is 0 Å². The highest BCUT2D eigenvalue weighted by atomic mass is 32.1. The quantitative estimate of drug-likeness (QED) is 0.830. The molecule has 0 aliphatic rings. The Kier molecular flexibility index (Phi) is 3.51. The van der Waals surface area contributed by atoms with E-state index in [0.717, 1.165) is 0 Å². The molecule has 0 aliphatic carbocycles. The van der Waals surface area contributed by atoms with Crippen LogP contribution in [0.4, 0.5) is 22.0 Å². The summed E-state index contributed by atoms with van der Waals surface area (Å²) in [4.78, 5) is 10.6. The monoisotopic (exact) mass is 259 g/mol. The number of amides is 1. The minimum absolute atomic E-state index is 0.353.